The van der Waals surface area contributed by atoms with Gasteiger partial charge in [0, 0.05) is 5.56 Å². The lowest BCUT2D eigenvalue weighted by Gasteiger charge is -1.98. The van der Waals surface area contributed by atoms with E-state index in [1.54, 1.807) is 0 Å². The zero-order chi connectivity index (χ0) is 8.27. The number of halogens is 1. The second-order valence-corrected chi connectivity index (χ2v) is 2.09. The third-order valence-electron chi connectivity index (χ3n) is 1.28. The monoisotopic (exact) mass is 151 g/mol. The number of rotatable bonds is 1. The van der Waals surface area contributed by atoms with E-state index in [0.717, 1.165) is 0 Å². The Hall–Kier alpha value is -1.56. The van der Waals surface area contributed by atoms with Crippen molar-refractivity contribution in [2.75, 3.05) is 0 Å². The Balaban J connectivity index is 2.98. The maximum atomic E-state index is 12.6. The summed E-state index contributed by atoms with van der Waals surface area (Å²) in [6, 6.07) is 7.03. The molecule has 0 heterocycles. The van der Waals surface area contributed by atoms with Gasteiger partial charge < -0.3 is 5.11 Å². The SMILES string of the molecule is N#CC(F)c1cccc(O)c1. The molecular weight excluding hydrogens is 145 g/mol. The number of phenols is 1. The lowest BCUT2D eigenvalue weighted by atomic mass is 10.1. The van der Waals surface area contributed by atoms with Crippen LogP contribution in [0.4, 0.5) is 4.39 Å². The number of alkyl halides is 1. The molecule has 1 atom stereocenters. The van der Waals surface area contributed by atoms with Gasteiger partial charge in [0.05, 0.1) is 0 Å². The van der Waals surface area contributed by atoms with E-state index in [1.165, 1.54) is 30.3 Å². The molecule has 56 valence electrons. The van der Waals surface area contributed by atoms with Gasteiger partial charge in [0.2, 0.25) is 6.17 Å². The average Bonchev–Trinajstić information content (AvgIpc) is 2.03. The van der Waals surface area contributed by atoms with Crippen molar-refractivity contribution in [3.63, 3.8) is 0 Å². The van der Waals surface area contributed by atoms with Gasteiger partial charge in [-0.25, -0.2) is 4.39 Å². The van der Waals surface area contributed by atoms with E-state index in [4.69, 9.17) is 10.4 Å². The predicted molar refractivity (Wildman–Crippen MR) is 37.6 cm³/mol. The lowest BCUT2D eigenvalue weighted by molar-refractivity contribution is 0.419. The molecule has 1 aromatic carbocycles. The molecule has 0 saturated carbocycles. The first-order chi connectivity index (χ1) is 5.24. The van der Waals surface area contributed by atoms with Crippen molar-refractivity contribution in [1.29, 1.82) is 5.26 Å². The van der Waals surface area contributed by atoms with Crippen LogP contribution in [0.2, 0.25) is 0 Å². The largest absolute Gasteiger partial charge is 0.508 e. The van der Waals surface area contributed by atoms with Gasteiger partial charge in [-0.3, -0.25) is 0 Å². The summed E-state index contributed by atoms with van der Waals surface area (Å²) >= 11 is 0. The molecule has 0 aliphatic rings. The molecular formula is C8H6FNO. The second-order valence-electron chi connectivity index (χ2n) is 2.09. The topological polar surface area (TPSA) is 44.0 Å². The van der Waals surface area contributed by atoms with Crippen LogP contribution in [-0.2, 0) is 0 Å². The van der Waals surface area contributed by atoms with Gasteiger partial charge in [-0.05, 0) is 12.1 Å². The Morgan fingerprint density at radius 1 is 1.55 bits per heavy atom. The molecule has 1 unspecified atom stereocenters. The Labute approximate surface area is 63.5 Å². The van der Waals surface area contributed by atoms with Crippen molar-refractivity contribution >= 4 is 0 Å². The standard InChI is InChI=1S/C8H6FNO/c9-8(5-10)6-2-1-3-7(11)4-6/h1-4,8,11H. The summed E-state index contributed by atoms with van der Waals surface area (Å²) in [5, 5.41) is 17.1. The highest BCUT2D eigenvalue weighted by Gasteiger charge is 2.06. The van der Waals surface area contributed by atoms with E-state index >= 15 is 0 Å². The number of hydrogen-bond donors (Lipinski definition) is 1. The van der Waals surface area contributed by atoms with Crippen molar-refractivity contribution in [2.45, 2.75) is 6.17 Å². The minimum Gasteiger partial charge on any atom is -0.508 e. The van der Waals surface area contributed by atoms with Gasteiger partial charge in [-0.2, -0.15) is 5.26 Å². The number of nitriles is 1. The first-order valence-corrected chi connectivity index (χ1v) is 3.06. The molecule has 0 aliphatic carbocycles. The third-order valence-corrected chi connectivity index (χ3v) is 1.28. The van der Waals surface area contributed by atoms with E-state index in [9.17, 15) is 4.39 Å². The maximum absolute atomic E-state index is 12.6. The minimum absolute atomic E-state index is 0.0274. The fraction of sp³-hybridized carbons (Fsp3) is 0.125. The normalized spacial score (nSPS) is 12.0. The quantitative estimate of drug-likeness (QED) is 0.666. The van der Waals surface area contributed by atoms with Crippen LogP contribution in [0.3, 0.4) is 0 Å². The summed E-state index contributed by atoms with van der Waals surface area (Å²) < 4.78 is 12.6. The molecule has 0 saturated heterocycles. The van der Waals surface area contributed by atoms with Crippen LogP contribution in [0.25, 0.3) is 0 Å². The van der Waals surface area contributed by atoms with Gasteiger partial charge in [0.1, 0.15) is 11.8 Å². The summed E-state index contributed by atoms with van der Waals surface area (Å²) in [6.07, 6.45) is -1.65. The molecule has 1 aromatic rings. The summed E-state index contributed by atoms with van der Waals surface area (Å²) in [4.78, 5) is 0. The van der Waals surface area contributed by atoms with E-state index in [0.29, 0.717) is 0 Å². The fourth-order valence-corrected chi connectivity index (χ4v) is 0.757. The highest BCUT2D eigenvalue weighted by Crippen LogP contribution is 2.19. The summed E-state index contributed by atoms with van der Waals surface area (Å²) in [7, 11) is 0. The average molecular weight is 151 g/mol. The summed E-state index contributed by atoms with van der Waals surface area (Å²) in [5.41, 5.74) is 0.188. The van der Waals surface area contributed by atoms with Crippen molar-refractivity contribution < 1.29 is 9.50 Å². The third kappa shape index (κ3) is 1.68. The van der Waals surface area contributed by atoms with Gasteiger partial charge in [0.15, 0.2) is 0 Å². The first-order valence-electron chi connectivity index (χ1n) is 3.06. The first kappa shape index (κ1) is 7.55. The van der Waals surface area contributed by atoms with Gasteiger partial charge in [-0.15, -0.1) is 0 Å². The predicted octanol–water partition coefficient (Wildman–Crippen LogP) is 1.93. The number of nitrogens with zero attached hydrogens (tertiary/aromatic N) is 1. The Morgan fingerprint density at radius 3 is 2.82 bits per heavy atom. The van der Waals surface area contributed by atoms with Crippen LogP contribution < -0.4 is 0 Å². The Morgan fingerprint density at radius 2 is 2.27 bits per heavy atom. The zero-order valence-electron chi connectivity index (χ0n) is 5.66. The second kappa shape index (κ2) is 3.02. The molecule has 0 bridgehead atoms. The maximum Gasteiger partial charge on any atom is 0.211 e. The van der Waals surface area contributed by atoms with Crippen molar-refractivity contribution in [3.05, 3.63) is 29.8 Å². The van der Waals surface area contributed by atoms with E-state index in [-0.39, 0.29) is 11.3 Å². The van der Waals surface area contributed by atoms with Crippen LogP contribution in [0.15, 0.2) is 24.3 Å². The van der Waals surface area contributed by atoms with Crippen molar-refractivity contribution in [1.82, 2.24) is 0 Å². The van der Waals surface area contributed by atoms with Crippen LogP contribution in [0.1, 0.15) is 11.7 Å². The summed E-state index contributed by atoms with van der Waals surface area (Å²) in [6.45, 7) is 0. The molecule has 0 amide bonds. The molecule has 0 aromatic heterocycles. The highest BCUT2D eigenvalue weighted by atomic mass is 19.1. The van der Waals surface area contributed by atoms with E-state index in [1.807, 2.05) is 0 Å². The van der Waals surface area contributed by atoms with Gasteiger partial charge in [-0.1, -0.05) is 12.1 Å². The number of phenolic OH excluding ortho intramolecular Hbond substituents is 1. The fourth-order valence-electron chi connectivity index (χ4n) is 0.757. The Bertz CT molecular complexity index is 292. The van der Waals surface area contributed by atoms with Gasteiger partial charge >= 0.3 is 0 Å². The molecule has 0 radical (unpaired) electrons. The lowest BCUT2D eigenvalue weighted by Crippen LogP contribution is -1.85. The van der Waals surface area contributed by atoms with Crippen LogP contribution in [-0.4, -0.2) is 5.11 Å². The molecule has 2 nitrogen and oxygen atoms in total. The van der Waals surface area contributed by atoms with Gasteiger partial charge in [0.25, 0.3) is 0 Å². The molecule has 0 spiro atoms. The number of hydrogen-bond acceptors (Lipinski definition) is 2. The van der Waals surface area contributed by atoms with E-state index in [2.05, 4.69) is 0 Å². The molecule has 0 fully saturated rings. The van der Waals surface area contributed by atoms with Crippen molar-refractivity contribution in [3.8, 4) is 11.8 Å². The number of aromatic hydroxyl groups is 1. The molecule has 1 N–H and O–H groups in total. The van der Waals surface area contributed by atoms with Crippen molar-refractivity contribution in [2.24, 2.45) is 0 Å². The smallest absolute Gasteiger partial charge is 0.211 e. The Kier molecular flexibility index (Phi) is 2.07. The van der Waals surface area contributed by atoms with E-state index < -0.39 is 6.17 Å². The highest BCUT2D eigenvalue weighted by molar-refractivity contribution is 5.30. The number of benzene rings is 1. The molecule has 1 rings (SSSR count). The van der Waals surface area contributed by atoms with Crippen LogP contribution >= 0.6 is 0 Å². The molecule has 11 heavy (non-hydrogen) atoms. The molecule has 0 aliphatic heterocycles. The van der Waals surface area contributed by atoms with Crippen LogP contribution in [0, 0.1) is 11.3 Å². The zero-order valence-corrected chi connectivity index (χ0v) is 5.66. The van der Waals surface area contributed by atoms with Crippen LogP contribution in [0.5, 0.6) is 5.75 Å². The molecule has 3 heteroatoms. The summed E-state index contributed by atoms with van der Waals surface area (Å²) in [5.74, 6) is -0.0274. The minimum atomic E-state index is -1.65.